The van der Waals surface area contributed by atoms with Gasteiger partial charge in [-0.3, -0.25) is 0 Å². The van der Waals surface area contributed by atoms with E-state index in [9.17, 15) is 9.59 Å². The van der Waals surface area contributed by atoms with Gasteiger partial charge in [0.25, 0.3) is 0 Å². The van der Waals surface area contributed by atoms with Crippen molar-refractivity contribution in [3.8, 4) is 5.75 Å². The maximum absolute atomic E-state index is 11.3. The number of hydrogen-bond donors (Lipinski definition) is 2. The summed E-state index contributed by atoms with van der Waals surface area (Å²) < 4.78 is 34.0. The number of hydrogen-bond acceptors (Lipinski definition) is 11. The van der Waals surface area contributed by atoms with E-state index in [1.54, 1.807) is 25.1 Å². The number of aromatic nitrogens is 4. The van der Waals surface area contributed by atoms with E-state index in [1.807, 2.05) is 0 Å². The SMILES string of the molecule is C.COC(=O)c1nn(COCC[Si](C)(C)C)cc1Br.COCCO.COCCOc1cn(COCC[Si](C)(C)C)nc1C(=O)O. The van der Waals surface area contributed by atoms with E-state index in [0.717, 1.165) is 18.7 Å². The molecule has 0 spiro atoms. The summed E-state index contributed by atoms with van der Waals surface area (Å²) in [6, 6.07) is 2.16. The van der Waals surface area contributed by atoms with Crippen molar-refractivity contribution in [2.24, 2.45) is 0 Å². The molecule has 14 nitrogen and oxygen atoms in total. The van der Waals surface area contributed by atoms with Crippen LogP contribution in [0, 0.1) is 0 Å². The number of ether oxygens (including phenoxy) is 6. The summed E-state index contributed by atoms with van der Waals surface area (Å²) >= 11 is 3.27. The molecule has 0 saturated heterocycles. The smallest absolute Gasteiger partial charge is 0.360 e. The first kappa shape index (κ1) is 45.0. The Balaban J connectivity index is 0. The highest BCUT2D eigenvalue weighted by Gasteiger charge is 2.18. The second-order valence-electron chi connectivity index (χ2n) is 11.8. The van der Waals surface area contributed by atoms with Gasteiger partial charge in [0.1, 0.15) is 20.1 Å². The van der Waals surface area contributed by atoms with Crippen molar-refractivity contribution < 1.29 is 48.2 Å². The number of carbonyl (C=O) groups excluding carboxylic acids is 1. The minimum Gasteiger partial charge on any atom is -0.487 e. The third-order valence-electron chi connectivity index (χ3n) is 5.31. The molecule has 2 N–H and O–H groups in total. The highest BCUT2D eigenvalue weighted by atomic mass is 79.9. The van der Waals surface area contributed by atoms with Crippen molar-refractivity contribution in [1.82, 2.24) is 19.6 Å². The lowest BCUT2D eigenvalue weighted by atomic mass is 10.4. The first-order valence-electron chi connectivity index (χ1n) is 14.1. The molecule has 17 heteroatoms. The number of carbonyl (C=O) groups is 2. The lowest BCUT2D eigenvalue weighted by Crippen LogP contribution is -2.22. The summed E-state index contributed by atoms with van der Waals surface area (Å²) in [7, 11) is 2.25. The van der Waals surface area contributed by atoms with Crippen LogP contribution < -0.4 is 4.74 Å². The summed E-state index contributed by atoms with van der Waals surface area (Å²) in [5.41, 5.74) is 0.159. The molecule has 2 rings (SSSR count). The Morgan fingerprint density at radius 1 is 0.800 bits per heavy atom. The molecule has 0 aliphatic rings. The van der Waals surface area contributed by atoms with Crippen molar-refractivity contribution >= 4 is 44.0 Å². The molecule has 0 aliphatic heterocycles. The van der Waals surface area contributed by atoms with E-state index in [-0.39, 0.29) is 44.5 Å². The quantitative estimate of drug-likeness (QED) is 0.120. The Morgan fingerprint density at radius 3 is 1.69 bits per heavy atom. The molecule has 0 aromatic carbocycles. The molecular formula is C28H55BrN4O10Si2. The fourth-order valence-electron chi connectivity index (χ4n) is 2.82. The summed E-state index contributed by atoms with van der Waals surface area (Å²) in [5, 5.41) is 25.1. The van der Waals surface area contributed by atoms with Crippen molar-refractivity contribution in [3.05, 3.63) is 28.3 Å². The van der Waals surface area contributed by atoms with Crippen molar-refractivity contribution in [3.63, 3.8) is 0 Å². The number of aliphatic hydroxyl groups is 1. The maximum Gasteiger partial charge on any atom is 0.360 e. The molecule has 0 fully saturated rings. The van der Waals surface area contributed by atoms with Crippen LogP contribution in [0.15, 0.2) is 16.9 Å². The standard InChI is InChI=1S/C13H24N2O5Si.C11H19BrN2O3Si.C3H8O2.CH4/c1-18-5-6-20-11-9-15(14-12(11)13(16)17)10-19-7-8-21(2,3)4;1-16-11(15)10-9(12)7-14(13-10)8-17-5-6-18(2,3)4;1-5-3-2-4;/h9H,5-8,10H2,1-4H3,(H,16,17);7H,5-6,8H2,1-4H3;4H,2-3H2,1H3;1H4. The van der Waals surface area contributed by atoms with Gasteiger partial charge in [-0.25, -0.2) is 19.0 Å². The average Bonchev–Trinajstić information content (AvgIpc) is 3.52. The Morgan fingerprint density at radius 2 is 1.29 bits per heavy atom. The van der Waals surface area contributed by atoms with Crippen molar-refractivity contribution in [2.75, 3.05) is 61.0 Å². The monoisotopic (exact) mass is 742 g/mol. The normalized spacial score (nSPS) is 11.0. The summed E-state index contributed by atoms with van der Waals surface area (Å²) in [6.45, 7) is 16.9. The molecule has 0 bridgehead atoms. The Labute approximate surface area is 278 Å². The van der Waals surface area contributed by atoms with Gasteiger partial charge >= 0.3 is 11.9 Å². The van der Waals surface area contributed by atoms with E-state index >= 15 is 0 Å². The second-order valence-corrected chi connectivity index (χ2v) is 23.9. The number of nitrogens with zero attached hydrogens (tertiary/aromatic N) is 4. The molecule has 0 aliphatic carbocycles. The molecule has 0 amide bonds. The van der Waals surface area contributed by atoms with E-state index in [1.165, 1.54) is 18.0 Å². The number of carboxylic acids is 1. The minimum absolute atomic E-state index is 0. The van der Waals surface area contributed by atoms with Crippen LogP contribution in [-0.2, 0) is 37.1 Å². The van der Waals surface area contributed by atoms with Crippen LogP contribution in [0.5, 0.6) is 5.75 Å². The van der Waals surface area contributed by atoms with Crippen LogP contribution in [0.2, 0.25) is 51.4 Å². The van der Waals surface area contributed by atoms with E-state index in [0.29, 0.717) is 31.0 Å². The molecule has 0 atom stereocenters. The van der Waals surface area contributed by atoms with Gasteiger partial charge in [0, 0.05) is 49.8 Å². The van der Waals surface area contributed by atoms with Crippen LogP contribution in [0.1, 0.15) is 28.4 Å². The third-order valence-corrected chi connectivity index (χ3v) is 9.30. The van der Waals surface area contributed by atoms with Gasteiger partial charge < -0.3 is 38.6 Å². The van der Waals surface area contributed by atoms with Crippen LogP contribution in [-0.4, -0.2) is 119 Å². The van der Waals surface area contributed by atoms with Crippen molar-refractivity contribution in [2.45, 2.75) is 72.3 Å². The number of methoxy groups -OCH3 is 3. The molecule has 2 heterocycles. The number of aromatic carboxylic acids is 1. The highest BCUT2D eigenvalue weighted by Crippen LogP contribution is 2.18. The lowest BCUT2D eigenvalue weighted by molar-refractivity contribution is 0.0580. The van der Waals surface area contributed by atoms with Gasteiger partial charge in [-0.2, -0.15) is 10.2 Å². The lowest BCUT2D eigenvalue weighted by Gasteiger charge is -2.15. The highest BCUT2D eigenvalue weighted by molar-refractivity contribution is 9.10. The Hall–Kier alpha value is -2.13. The first-order chi connectivity index (χ1) is 20.6. The number of halogens is 1. The molecule has 0 saturated carbocycles. The van der Waals surface area contributed by atoms with Crippen LogP contribution in [0.3, 0.4) is 0 Å². The van der Waals surface area contributed by atoms with Gasteiger partial charge in [0.2, 0.25) is 5.69 Å². The van der Waals surface area contributed by atoms with Crippen LogP contribution in [0.25, 0.3) is 0 Å². The molecule has 262 valence electrons. The Bertz CT molecular complexity index is 1090. The molecule has 2 aromatic rings. The minimum atomic E-state index is -1.13. The number of aliphatic hydroxyl groups excluding tert-OH is 1. The fraction of sp³-hybridized carbons (Fsp3) is 0.714. The van der Waals surface area contributed by atoms with Gasteiger partial charge in [0.05, 0.1) is 37.6 Å². The van der Waals surface area contributed by atoms with Gasteiger partial charge in [-0.1, -0.05) is 46.7 Å². The van der Waals surface area contributed by atoms with Gasteiger partial charge in [-0.05, 0) is 28.0 Å². The first-order valence-corrected chi connectivity index (χ1v) is 22.3. The van der Waals surface area contributed by atoms with Crippen molar-refractivity contribution in [1.29, 1.82) is 0 Å². The number of esters is 1. The summed E-state index contributed by atoms with van der Waals surface area (Å²) in [6.07, 6.45) is 3.24. The topological polar surface area (TPSA) is 166 Å². The van der Waals surface area contributed by atoms with Crippen LogP contribution >= 0.6 is 15.9 Å². The molecular weight excluding hydrogens is 688 g/mol. The molecule has 0 radical (unpaired) electrons. The zero-order valence-electron chi connectivity index (χ0n) is 27.6. The Kier molecular flexibility index (Phi) is 24.1. The molecule has 0 unspecified atom stereocenters. The molecule has 45 heavy (non-hydrogen) atoms. The van der Waals surface area contributed by atoms with E-state index < -0.39 is 28.1 Å². The number of carboxylic acid groups (broad SMARTS) is 1. The van der Waals surface area contributed by atoms with E-state index in [4.69, 9.17) is 29.2 Å². The zero-order valence-corrected chi connectivity index (χ0v) is 31.1. The van der Waals surface area contributed by atoms with Gasteiger partial charge in [-0.15, -0.1) is 0 Å². The van der Waals surface area contributed by atoms with E-state index in [2.05, 4.69) is 74.9 Å². The van der Waals surface area contributed by atoms with Crippen LogP contribution in [0.4, 0.5) is 0 Å². The predicted octanol–water partition coefficient (Wildman–Crippen LogP) is 4.92. The average molecular weight is 744 g/mol. The molecule has 2 aromatic heterocycles. The van der Waals surface area contributed by atoms with Gasteiger partial charge in [0.15, 0.2) is 11.4 Å². The predicted molar refractivity (Wildman–Crippen MR) is 182 cm³/mol. The summed E-state index contributed by atoms with van der Waals surface area (Å²) in [5.74, 6) is -1.35. The maximum atomic E-state index is 11.3. The number of rotatable bonds is 18. The third kappa shape index (κ3) is 22.1. The zero-order chi connectivity index (χ0) is 33.8. The summed E-state index contributed by atoms with van der Waals surface area (Å²) in [4.78, 5) is 22.5. The fourth-order valence-corrected chi connectivity index (χ4v) is 4.81. The second kappa shape index (κ2) is 24.1. The largest absolute Gasteiger partial charge is 0.487 e.